The Morgan fingerprint density at radius 2 is 1.73 bits per heavy atom. The lowest BCUT2D eigenvalue weighted by atomic mass is 9.99. The van der Waals surface area contributed by atoms with Gasteiger partial charge in [0.25, 0.3) is 0 Å². The number of amides is 2. The molecule has 0 fully saturated rings. The molecule has 3 aromatic rings. The van der Waals surface area contributed by atoms with Gasteiger partial charge in [-0.25, -0.2) is 4.79 Å². The van der Waals surface area contributed by atoms with E-state index < -0.39 is 0 Å². The second kappa shape index (κ2) is 6.71. The van der Waals surface area contributed by atoms with Crippen LogP contribution >= 0.6 is 0 Å². The van der Waals surface area contributed by atoms with E-state index in [9.17, 15) is 4.79 Å². The normalized spacial score (nSPS) is 16.0. The molecule has 0 saturated heterocycles. The molecule has 1 aliphatic rings. The minimum atomic E-state index is -0.0700. The molecule has 26 heavy (non-hydrogen) atoms. The highest BCUT2D eigenvalue weighted by molar-refractivity contribution is 5.89. The van der Waals surface area contributed by atoms with Crippen LogP contribution in [0, 0.1) is 5.92 Å². The molecule has 0 radical (unpaired) electrons. The van der Waals surface area contributed by atoms with Gasteiger partial charge in [-0.15, -0.1) is 0 Å². The Bertz CT molecular complexity index is 914. The van der Waals surface area contributed by atoms with E-state index in [1.165, 1.54) is 0 Å². The predicted molar refractivity (Wildman–Crippen MR) is 104 cm³/mol. The molecule has 1 aromatic heterocycles. The van der Waals surface area contributed by atoms with E-state index in [-0.39, 0.29) is 12.1 Å². The van der Waals surface area contributed by atoms with E-state index in [0.717, 1.165) is 22.6 Å². The van der Waals surface area contributed by atoms with Crippen LogP contribution in [-0.2, 0) is 6.54 Å². The van der Waals surface area contributed by atoms with Crippen LogP contribution in [-0.4, -0.2) is 15.5 Å². The van der Waals surface area contributed by atoms with Crippen molar-refractivity contribution in [2.45, 2.75) is 26.4 Å². The SMILES string of the molecule is CC(C)C1c2cccn2-c2ccccc2CN1C(=O)Nc1ccccc1. The van der Waals surface area contributed by atoms with Gasteiger partial charge in [-0.1, -0.05) is 50.2 Å². The lowest BCUT2D eigenvalue weighted by Crippen LogP contribution is -2.39. The molecule has 0 spiro atoms. The first kappa shape index (κ1) is 16.5. The minimum Gasteiger partial charge on any atom is -0.318 e. The van der Waals surface area contributed by atoms with Crippen LogP contribution in [0.25, 0.3) is 5.69 Å². The molecule has 1 aliphatic heterocycles. The van der Waals surface area contributed by atoms with Gasteiger partial charge in [-0.2, -0.15) is 0 Å². The summed E-state index contributed by atoms with van der Waals surface area (Å²) in [5.74, 6) is 0.291. The fourth-order valence-corrected chi connectivity index (χ4v) is 3.79. The zero-order valence-electron chi connectivity index (χ0n) is 15.1. The molecule has 0 bridgehead atoms. The van der Waals surface area contributed by atoms with Crippen molar-refractivity contribution in [1.82, 2.24) is 9.47 Å². The van der Waals surface area contributed by atoms with E-state index in [1.807, 2.05) is 47.4 Å². The maximum atomic E-state index is 13.2. The summed E-state index contributed by atoms with van der Waals surface area (Å²) in [6, 6.07) is 22.0. The quantitative estimate of drug-likeness (QED) is 0.679. The molecule has 4 heteroatoms. The molecule has 4 nitrogen and oxygen atoms in total. The van der Waals surface area contributed by atoms with Crippen LogP contribution in [0.15, 0.2) is 72.9 Å². The highest BCUT2D eigenvalue weighted by Gasteiger charge is 2.33. The van der Waals surface area contributed by atoms with Crippen LogP contribution < -0.4 is 5.32 Å². The van der Waals surface area contributed by atoms with E-state index in [4.69, 9.17) is 0 Å². The molecule has 1 unspecified atom stereocenters. The average Bonchev–Trinajstić information content (AvgIpc) is 3.06. The van der Waals surface area contributed by atoms with Gasteiger partial charge in [0.1, 0.15) is 0 Å². The number of hydrogen-bond acceptors (Lipinski definition) is 1. The first-order valence-corrected chi connectivity index (χ1v) is 9.03. The highest BCUT2D eigenvalue weighted by atomic mass is 16.2. The van der Waals surface area contributed by atoms with Gasteiger partial charge in [-0.3, -0.25) is 0 Å². The Balaban J connectivity index is 1.77. The Morgan fingerprint density at radius 3 is 2.50 bits per heavy atom. The zero-order chi connectivity index (χ0) is 18.1. The smallest absolute Gasteiger partial charge is 0.318 e. The maximum absolute atomic E-state index is 13.2. The van der Waals surface area contributed by atoms with Gasteiger partial charge in [0.2, 0.25) is 0 Å². The molecule has 1 N–H and O–H groups in total. The topological polar surface area (TPSA) is 37.3 Å². The number of urea groups is 1. The Hall–Kier alpha value is -3.01. The van der Waals surface area contributed by atoms with Gasteiger partial charge in [0.05, 0.1) is 18.3 Å². The van der Waals surface area contributed by atoms with E-state index >= 15 is 0 Å². The number of benzene rings is 2. The zero-order valence-corrected chi connectivity index (χ0v) is 15.1. The van der Waals surface area contributed by atoms with Crippen molar-refractivity contribution < 1.29 is 4.79 Å². The number of aromatic nitrogens is 1. The molecule has 4 rings (SSSR count). The molecule has 0 saturated carbocycles. The Kier molecular flexibility index (Phi) is 4.25. The van der Waals surface area contributed by atoms with Gasteiger partial charge in [-0.05, 0) is 41.8 Å². The summed E-state index contributed by atoms with van der Waals surface area (Å²) in [6.45, 7) is 4.92. The molecule has 0 aliphatic carbocycles. The molecular formula is C22H23N3O. The summed E-state index contributed by atoms with van der Waals surface area (Å²) in [5, 5.41) is 3.06. The molecule has 2 heterocycles. The summed E-state index contributed by atoms with van der Waals surface area (Å²) in [7, 11) is 0. The minimum absolute atomic E-state index is 0.00103. The summed E-state index contributed by atoms with van der Waals surface area (Å²) in [6.07, 6.45) is 2.09. The number of carbonyl (C=O) groups excluding carboxylic acids is 1. The monoisotopic (exact) mass is 345 g/mol. The van der Waals surface area contributed by atoms with E-state index in [2.05, 4.69) is 54.2 Å². The van der Waals surface area contributed by atoms with Crippen LogP contribution in [0.1, 0.15) is 31.1 Å². The lowest BCUT2D eigenvalue weighted by molar-refractivity contribution is 0.162. The van der Waals surface area contributed by atoms with Crippen LogP contribution in [0.2, 0.25) is 0 Å². The summed E-state index contributed by atoms with van der Waals surface area (Å²) >= 11 is 0. The number of nitrogens with one attached hydrogen (secondary N) is 1. The lowest BCUT2D eigenvalue weighted by Gasteiger charge is -2.33. The number of para-hydroxylation sites is 2. The summed E-state index contributed by atoms with van der Waals surface area (Å²) in [5.41, 5.74) is 4.26. The molecule has 2 amide bonds. The second-order valence-corrected chi connectivity index (χ2v) is 7.04. The fourth-order valence-electron chi connectivity index (χ4n) is 3.79. The second-order valence-electron chi connectivity index (χ2n) is 7.04. The largest absolute Gasteiger partial charge is 0.322 e. The van der Waals surface area contributed by atoms with Crippen LogP contribution in [0.4, 0.5) is 10.5 Å². The van der Waals surface area contributed by atoms with Crippen molar-refractivity contribution >= 4 is 11.7 Å². The fraction of sp³-hybridized carbons (Fsp3) is 0.227. The number of nitrogens with zero attached hydrogens (tertiary/aromatic N) is 2. The molecule has 132 valence electrons. The Labute approximate surface area is 154 Å². The number of fused-ring (bicyclic) bond motifs is 3. The maximum Gasteiger partial charge on any atom is 0.322 e. The van der Waals surface area contributed by atoms with Crippen molar-refractivity contribution in [1.29, 1.82) is 0 Å². The highest BCUT2D eigenvalue weighted by Crippen LogP contribution is 2.36. The molecule has 2 aromatic carbocycles. The van der Waals surface area contributed by atoms with E-state index in [0.29, 0.717) is 12.5 Å². The third-order valence-corrected chi connectivity index (χ3v) is 4.93. The number of carbonyl (C=O) groups is 1. The summed E-state index contributed by atoms with van der Waals surface area (Å²) in [4.78, 5) is 15.1. The standard InChI is InChI=1S/C22H23N3O/c1-16(2)21-20-13-8-14-24(20)19-12-7-6-9-17(19)15-25(21)22(26)23-18-10-4-3-5-11-18/h3-14,16,21H,15H2,1-2H3,(H,23,26). The third kappa shape index (κ3) is 2.88. The van der Waals surface area contributed by atoms with Gasteiger partial charge in [0.15, 0.2) is 0 Å². The van der Waals surface area contributed by atoms with Gasteiger partial charge in [0, 0.05) is 17.6 Å². The number of hydrogen-bond donors (Lipinski definition) is 1. The average molecular weight is 345 g/mol. The Morgan fingerprint density at radius 1 is 1.00 bits per heavy atom. The van der Waals surface area contributed by atoms with Crippen molar-refractivity contribution in [2.24, 2.45) is 5.92 Å². The predicted octanol–water partition coefficient (Wildman–Crippen LogP) is 5.22. The van der Waals surface area contributed by atoms with Crippen LogP contribution in [0.3, 0.4) is 0 Å². The van der Waals surface area contributed by atoms with Gasteiger partial charge >= 0.3 is 6.03 Å². The van der Waals surface area contributed by atoms with Crippen molar-refractivity contribution in [3.63, 3.8) is 0 Å². The number of anilines is 1. The molecular weight excluding hydrogens is 322 g/mol. The van der Waals surface area contributed by atoms with Crippen LogP contribution in [0.5, 0.6) is 0 Å². The summed E-state index contributed by atoms with van der Waals surface area (Å²) < 4.78 is 2.22. The van der Waals surface area contributed by atoms with Gasteiger partial charge < -0.3 is 14.8 Å². The van der Waals surface area contributed by atoms with Crippen molar-refractivity contribution in [3.05, 3.63) is 84.2 Å². The van der Waals surface area contributed by atoms with Crippen molar-refractivity contribution in [3.8, 4) is 5.69 Å². The molecule has 1 atom stereocenters. The first-order valence-electron chi connectivity index (χ1n) is 9.03. The third-order valence-electron chi connectivity index (χ3n) is 4.93. The van der Waals surface area contributed by atoms with E-state index in [1.54, 1.807) is 0 Å². The first-order chi connectivity index (χ1) is 12.6. The number of rotatable bonds is 2. The van der Waals surface area contributed by atoms with Crippen molar-refractivity contribution in [2.75, 3.05) is 5.32 Å².